The third kappa shape index (κ3) is 3.68. The molecule has 1 fully saturated rings. The molecule has 0 aliphatic carbocycles. The zero-order valence-corrected chi connectivity index (χ0v) is 16.7. The summed E-state index contributed by atoms with van der Waals surface area (Å²) in [5.41, 5.74) is 3.00. The van der Waals surface area contributed by atoms with E-state index in [1.165, 1.54) is 4.90 Å². The smallest absolute Gasteiger partial charge is 0.273 e. The van der Waals surface area contributed by atoms with E-state index in [4.69, 9.17) is 16.7 Å². The molecule has 1 aliphatic rings. The van der Waals surface area contributed by atoms with Gasteiger partial charge in [-0.1, -0.05) is 54.1 Å². The summed E-state index contributed by atoms with van der Waals surface area (Å²) >= 11 is 6.43. The van der Waals surface area contributed by atoms with Crippen molar-refractivity contribution < 1.29 is 9.69 Å². The molecular formula is C22H24ClN4O+. The highest BCUT2D eigenvalue weighted by Crippen LogP contribution is 2.26. The Kier molecular flexibility index (Phi) is 5.46. The van der Waals surface area contributed by atoms with Crippen molar-refractivity contribution in [2.45, 2.75) is 6.92 Å². The van der Waals surface area contributed by atoms with Gasteiger partial charge in [-0.25, -0.2) is 4.68 Å². The number of amides is 1. The number of halogens is 1. The Bertz CT molecular complexity index is 962. The number of carbonyl (C=O) groups is 1. The quantitative estimate of drug-likeness (QED) is 0.737. The standard InChI is InChI=1S/C22H23ClN4O/c1-2-25-12-14-26(15-13-25)22(28)21-16-19(17-8-4-3-5-9-17)24-27(21)20-11-7-6-10-18(20)23/h3-11,16H,2,12-15H2,1H3/p+1. The van der Waals surface area contributed by atoms with Crippen molar-refractivity contribution in [2.24, 2.45) is 0 Å². The van der Waals surface area contributed by atoms with Crippen molar-refractivity contribution in [2.75, 3.05) is 32.7 Å². The first-order chi connectivity index (χ1) is 13.7. The molecule has 1 N–H and O–H groups in total. The van der Waals surface area contributed by atoms with Crippen molar-refractivity contribution in [3.8, 4) is 16.9 Å². The Labute approximate surface area is 170 Å². The first-order valence-electron chi connectivity index (χ1n) is 9.70. The molecule has 6 heteroatoms. The Morgan fingerprint density at radius 3 is 2.43 bits per heavy atom. The lowest BCUT2D eigenvalue weighted by Gasteiger charge is -2.31. The summed E-state index contributed by atoms with van der Waals surface area (Å²) in [6, 6.07) is 19.3. The Morgan fingerprint density at radius 1 is 1.07 bits per heavy atom. The highest BCUT2D eigenvalue weighted by Gasteiger charge is 2.27. The number of hydrogen-bond acceptors (Lipinski definition) is 2. The maximum Gasteiger partial charge on any atom is 0.273 e. The molecule has 2 heterocycles. The molecule has 0 spiro atoms. The molecule has 0 saturated carbocycles. The summed E-state index contributed by atoms with van der Waals surface area (Å²) in [6.07, 6.45) is 0. The molecule has 144 valence electrons. The zero-order valence-electron chi connectivity index (χ0n) is 15.9. The van der Waals surface area contributed by atoms with Crippen LogP contribution in [0.3, 0.4) is 0 Å². The molecule has 1 aliphatic heterocycles. The van der Waals surface area contributed by atoms with Crippen LogP contribution in [-0.2, 0) is 0 Å². The minimum Gasteiger partial charge on any atom is -0.332 e. The van der Waals surface area contributed by atoms with Gasteiger partial charge < -0.3 is 9.80 Å². The van der Waals surface area contributed by atoms with E-state index in [9.17, 15) is 4.79 Å². The fourth-order valence-electron chi connectivity index (χ4n) is 3.63. The molecule has 2 aromatic carbocycles. The number of piperazine rings is 1. The van der Waals surface area contributed by atoms with Crippen LogP contribution < -0.4 is 4.90 Å². The van der Waals surface area contributed by atoms with Gasteiger partial charge in [0, 0.05) is 5.56 Å². The monoisotopic (exact) mass is 395 g/mol. The molecule has 1 saturated heterocycles. The predicted octanol–water partition coefficient (Wildman–Crippen LogP) is 2.55. The number of nitrogens with zero attached hydrogens (tertiary/aromatic N) is 3. The van der Waals surface area contributed by atoms with Crippen LogP contribution in [0, 0.1) is 0 Å². The summed E-state index contributed by atoms with van der Waals surface area (Å²) < 4.78 is 1.69. The van der Waals surface area contributed by atoms with Gasteiger partial charge in [-0.05, 0) is 25.1 Å². The van der Waals surface area contributed by atoms with Gasteiger partial charge in [0.2, 0.25) is 0 Å². The molecule has 4 rings (SSSR count). The van der Waals surface area contributed by atoms with E-state index in [0.29, 0.717) is 16.4 Å². The number of hydrogen-bond donors (Lipinski definition) is 1. The molecule has 0 radical (unpaired) electrons. The first-order valence-corrected chi connectivity index (χ1v) is 10.1. The van der Waals surface area contributed by atoms with Gasteiger partial charge in [-0.15, -0.1) is 0 Å². The molecule has 3 aromatic rings. The maximum atomic E-state index is 13.4. The maximum absolute atomic E-state index is 13.4. The Hall–Kier alpha value is -2.63. The van der Waals surface area contributed by atoms with Gasteiger partial charge in [0.05, 0.1) is 49.1 Å². The van der Waals surface area contributed by atoms with Gasteiger partial charge in [0.15, 0.2) is 0 Å². The largest absolute Gasteiger partial charge is 0.332 e. The van der Waals surface area contributed by atoms with Crippen LogP contribution in [0.25, 0.3) is 16.9 Å². The highest BCUT2D eigenvalue weighted by molar-refractivity contribution is 6.32. The summed E-state index contributed by atoms with van der Waals surface area (Å²) in [6.45, 7) is 6.76. The lowest BCUT2D eigenvalue weighted by atomic mass is 10.1. The number of benzene rings is 2. The van der Waals surface area contributed by atoms with Gasteiger partial charge in [-0.3, -0.25) is 4.79 Å². The molecule has 28 heavy (non-hydrogen) atoms. The minimum atomic E-state index is 0.00440. The van der Waals surface area contributed by atoms with Crippen LogP contribution in [0.2, 0.25) is 5.02 Å². The van der Waals surface area contributed by atoms with Crippen LogP contribution in [0.1, 0.15) is 17.4 Å². The van der Waals surface area contributed by atoms with Gasteiger partial charge in [0.25, 0.3) is 5.91 Å². The molecular weight excluding hydrogens is 372 g/mol. The van der Waals surface area contributed by atoms with Crippen molar-refractivity contribution in [3.63, 3.8) is 0 Å². The van der Waals surface area contributed by atoms with Crippen molar-refractivity contribution in [1.29, 1.82) is 0 Å². The third-order valence-corrected chi connectivity index (χ3v) is 5.66. The molecule has 0 unspecified atom stereocenters. The van der Waals surface area contributed by atoms with Crippen molar-refractivity contribution >= 4 is 17.5 Å². The molecule has 1 aromatic heterocycles. The summed E-state index contributed by atoms with van der Waals surface area (Å²) in [7, 11) is 0. The van der Waals surface area contributed by atoms with Crippen molar-refractivity contribution in [1.82, 2.24) is 14.7 Å². The average Bonchev–Trinajstić information content (AvgIpc) is 3.19. The number of para-hydroxylation sites is 1. The lowest BCUT2D eigenvalue weighted by molar-refractivity contribution is -0.902. The van der Waals surface area contributed by atoms with E-state index in [2.05, 4.69) is 6.92 Å². The SMILES string of the molecule is CC[NH+]1CCN(C(=O)c2cc(-c3ccccc3)nn2-c2ccccc2Cl)CC1. The summed E-state index contributed by atoms with van der Waals surface area (Å²) in [5.74, 6) is 0.00440. The average molecular weight is 396 g/mol. The summed E-state index contributed by atoms with van der Waals surface area (Å²) in [5, 5.41) is 5.31. The third-order valence-electron chi connectivity index (χ3n) is 5.34. The van der Waals surface area contributed by atoms with Gasteiger partial charge >= 0.3 is 0 Å². The van der Waals surface area contributed by atoms with Gasteiger partial charge in [0.1, 0.15) is 5.69 Å². The van der Waals surface area contributed by atoms with Crippen LogP contribution in [-0.4, -0.2) is 53.3 Å². The van der Waals surface area contributed by atoms with E-state index in [0.717, 1.165) is 44.0 Å². The van der Waals surface area contributed by atoms with Crippen LogP contribution in [0.4, 0.5) is 0 Å². The van der Waals surface area contributed by atoms with Crippen LogP contribution in [0.15, 0.2) is 60.7 Å². The molecule has 5 nitrogen and oxygen atoms in total. The normalized spacial score (nSPS) is 15.0. The second-order valence-electron chi connectivity index (χ2n) is 7.04. The zero-order chi connectivity index (χ0) is 19.5. The molecule has 1 amide bonds. The first kappa shape index (κ1) is 18.7. The topological polar surface area (TPSA) is 42.6 Å². The lowest BCUT2D eigenvalue weighted by Crippen LogP contribution is -3.14. The van der Waals surface area contributed by atoms with E-state index in [1.54, 1.807) is 4.68 Å². The number of quaternary nitrogens is 1. The van der Waals surface area contributed by atoms with Crippen molar-refractivity contribution in [3.05, 3.63) is 71.4 Å². The van der Waals surface area contributed by atoms with E-state index in [-0.39, 0.29) is 5.91 Å². The second-order valence-corrected chi connectivity index (χ2v) is 7.45. The molecule has 0 atom stereocenters. The van der Waals surface area contributed by atoms with Crippen LogP contribution in [0.5, 0.6) is 0 Å². The minimum absolute atomic E-state index is 0.00440. The van der Waals surface area contributed by atoms with Gasteiger partial charge in [-0.2, -0.15) is 5.10 Å². The number of carbonyl (C=O) groups excluding carboxylic acids is 1. The fourth-order valence-corrected chi connectivity index (χ4v) is 3.85. The number of likely N-dealkylation sites (N-methyl/N-ethyl adjacent to an activating group) is 1. The number of aromatic nitrogens is 2. The number of nitrogens with one attached hydrogen (secondary N) is 1. The number of rotatable bonds is 4. The van der Waals surface area contributed by atoms with E-state index in [1.807, 2.05) is 65.6 Å². The summed E-state index contributed by atoms with van der Waals surface area (Å²) in [4.78, 5) is 16.8. The van der Waals surface area contributed by atoms with E-state index < -0.39 is 0 Å². The molecule has 0 bridgehead atoms. The van der Waals surface area contributed by atoms with Crippen LogP contribution >= 0.6 is 11.6 Å². The predicted molar refractivity (Wildman–Crippen MR) is 111 cm³/mol. The van der Waals surface area contributed by atoms with E-state index >= 15 is 0 Å². The highest BCUT2D eigenvalue weighted by atomic mass is 35.5. The fraction of sp³-hybridized carbons (Fsp3) is 0.273. The Balaban J connectivity index is 1.74. The Morgan fingerprint density at radius 2 is 1.75 bits per heavy atom. The second kappa shape index (κ2) is 8.17.